The molecule has 3 rings (SSSR count). The molecule has 4 heteroatoms. The van der Waals surface area contributed by atoms with Crippen molar-refractivity contribution in [1.82, 2.24) is 0 Å². The molecule has 0 N–H and O–H groups in total. The Labute approximate surface area is 152 Å². The Hall–Kier alpha value is -2.49. The first-order valence-corrected chi connectivity index (χ1v) is 8.87. The molecule has 0 nitrogen and oxygen atoms in total. The molecule has 0 aliphatic rings. The van der Waals surface area contributed by atoms with Gasteiger partial charge in [0.15, 0.2) is 0 Å². The first-order chi connectivity index (χ1) is 12.6. The highest BCUT2D eigenvalue weighted by Gasteiger charge is 2.24. The van der Waals surface area contributed by atoms with Crippen LogP contribution in [0, 0.1) is 17.5 Å². The summed E-state index contributed by atoms with van der Waals surface area (Å²) in [6.07, 6.45) is 2.73. The van der Waals surface area contributed by atoms with Crippen molar-refractivity contribution in [3.05, 3.63) is 89.7 Å². The quantitative estimate of drug-likeness (QED) is 0.589. The van der Waals surface area contributed by atoms with E-state index in [1.165, 1.54) is 30.3 Å². The fourth-order valence-corrected chi connectivity index (χ4v) is 3.30. The first kappa shape index (κ1) is 18.3. The van der Waals surface area contributed by atoms with Gasteiger partial charge < -0.3 is 0 Å². The third kappa shape index (κ3) is 4.19. The molecule has 3 aromatic rings. The van der Waals surface area contributed by atoms with Gasteiger partial charge in [-0.05, 0) is 54.8 Å². The summed E-state index contributed by atoms with van der Waals surface area (Å²) in [7, 11) is 0. The van der Waals surface area contributed by atoms with Gasteiger partial charge in [-0.25, -0.2) is 13.2 Å². The van der Waals surface area contributed by atoms with Crippen molar-refractivity contribution in [3.8, 4) is 0 Å². The third-order valence-electron chi connectivity index (χ3n) is 4.62. The summed E-state index contributed by atoms with van der Waals surface area (Å²) in [4.78, 5) is 0. The topological polar surface area (TPSA) is 0 Å². The largest absolute Gasteiger partial charge is 0.241 e. The molecule has 0 spiro atoms. The van der Waals surface area contributed by atoms with Crippen LogP contribution in [0.15, 0.2) is 66.7 Å². The van der Waals surface area contributed by atoms with Crippen LogP contribution >= 0.6 is 0 Å². The zero-order chi connectivity index (χ0) is 18.5. The zero-order valence-corrected chi connectivity index (χ0v) is 14.7. The first-order valence-electron chi connectivity index (χ1n) is 8.87. The van der Waals surface area contributed by atoms with E-state index in [2.05, 4.69) is 6.92 Å². The van der Waals surface area contributed by atoms with Crippen molar-refractivity contribution in [2.45, 2.75) is 26.2 Å². The number of halogens is 3. The fraction of sp³-hybridized carbons (Fsp3) is 0.182. The van der Waals surface area contributed by atoms with E-state index in [1.807, 2.05) is 0 Å². The van der Waals surface area contributed by atoms with Crippen LogP contribution < -0.4 is 16.4 Å². The van der Waals surface area contributed by atoms with Gasteiger partial charge in [0.05, 0.1) is 0 Å². The molecule has 0 fully saturated rings. The second-order valence-corrected chi connectivity index (χ2v) is 6.48. The molecular weight excluding hydrogens is 332 g/mol. The standard InChI is InChI=1S/C22H20BF3/c1-2-3-4-16-15-21(26)13-14-22(16)23(17-5-9-19(24)10-6-17)18-7-11-20(25)12-8-18/h5-15H,2-4H2,1H3. The Balaban J connectivity index is 2.14. The third-order valence-corrected chi connectivity index (χ3v) is 4.62. The van der Waals surface area contributed by atoms with Crippen LogP contribution in [-0.4, -0.2) is 6.71 Å². The monoisotopic (exact) mass is 352 g/mol. The molecule has 0 saturated carbocycles. The number of rotatable bonds is 6. The summed E-state index contributed by atoms with van der Waals surface area (Å²) in [6, 6.07) is 17.4. The van der Waals surface area contributed by atoms with E-state index >= 15 is 0 Å². The van der Waals surface area contributed by atoms with Gasteiger partial charge in [-0.15, -0.1) is 0 Å². The number of hydrogen-bond donors (Lipinski definition) is 0. The molecule has 0 aromatic heterocycles. The summed E-state index contributed by atoms with van der Waals surface area (Å²) in [6.45, 7) is 1.89. The molecule has 0 saturated heterocycles. The minimum Gasteiger partial charge on any atom is -0.207 e. The molecule has 3 aromatic carbocycles. The fourth-order valence-electron chi connectivity index (χ4n) is 3.30. The molecular formula is C22H20BF3. The van der Waals surface area contributed by atoms with Crippen molar-refractivity contribution >= 4 is 23.1 Å². The average Bonchev–Trinajstić information content (AvgIpc) is 2.64. The maximum Gasteiger partial charge on any atom is 0.241 e. The lowest BCUT2D eigenvalue weighted by atomic mass is 9.36. The van der Waals surface area contributed by atoms with Crippen molar-refractivity contribution in [1.29, 1.82) is 0 Å². The van der Waals surface area contributed by atoms with E-state index in [1.54, 1.807) is 36.4 Å². The van der Waals surface area contributed by atoms with Crippen molar-refractivity contribution < 1.29 is 13.2 Å². The van der Waals surface area contributed by atoms with E-state index in [4.69, 9.17) is 0 Å². The second-order valence-electron chi connectivity index (χ2n) is 6.48. The van der Waals surface area contributed by atoms with Crippen LogP contribution in [-0.2, 0) is 6.42 Å². The molecule has 0 bridgehead atoms. The Bertz CT molecular complexity index is 812. The van der Waals surface area contributed by atoms with Crippen LogP contribution in [0.5, 0.6) is 0 Å². The SMILES string of the molecule is CCCCc1cc(F)ccc1B(c1ccc(F)cc1)c1ccc(F)cc1. The second kappa shape index (κ2) is 8.26. The van der Waals surface area contributed by atoms with E-state index in [9.17, 15) is 13.2 Å². The van der Waals surface area contributed by atoms with E-state index in [-0.39, 0.29) is 24.2 Å². The Morgan fingerprint density at radius 2 is 1.19 bits per heavy atom. The normalized spacial score (nSPS) is 10.8. The highest BCUT2D eigenvalue weighted by atomic mass is 19.1. The smallest absolute Gasteiger partial charge is 0.207 e. The summed E-state index contributed by atoms with van der Waals surface area (Å²) in [5.41, 5.74) is 3.69. The van der Waals surface area contributed by atoms with Crippen molar-refractivity contribution in [2.75, 3.05) is 0 Å². The molecule has 0 aliphatic heterocycles. The van der Waals surface area contributed by atoms with Crippen LogP contribution in [0.4, 0.5) is 13.2 Å². The average molecular weight is 352 g/mol. The maximum absolute atomic E-state index is 13.8. The number of aryl methyl sites for hydroxylation is 1. The molecule has 132 valence electrons. The molecule has 0 unspecified atom stereocenters. The molecule has 0 heterocycles. The van der Waals surface area contributed by atoms with Gasteiger partial charge in [0.2, 0.25) is 6.71 Å². The highest BCUT2D eigenvalue weighted by molar-refractivity contribution is 6.95. The summed E-state index contributed by atoms with van der Waals surface area (Å²) in [5, 5.41) is 0. The van der Waals surface area contributed by atoms with Crippen LogP contribution in [0.25, 0.3) is 0 Å². The minimum atomic E-state index is -0.308. The summed E-state index contributed by atoms with van der Waals surface area (Å²) in [5.74, 6) is -0.884. The predicted octanol–water partition coefficient (Wildman–Crippen LogP) is 3.96. The maximum atomic E-state index is 13.8. The van der Waals surface area contributed by atoms with Gasteiger partial charge in [-0.1, -0.05) is 60.1 Å². The van der Waals surface area contributed by atoms with Crippen molar-refractivity contribution in [3.63, 3.8) is 0 Å². The number of benzene rings is 3. The van der Waals surface area contributed by atoms with E-state index in [0.717, 1.165) is 41.2 Å². The van der Waals surface area contributed by atoms with Gasteiger partial charge in [0, 0.05) is 0 Å². The number of unbranched alkanes of at least 4 members (excludes halogenated alkanes) is 1. The Kier molecular flexibility index (Phi) is 5.82. The Morgan fingerprint density at radius 1 is 0.692 bits per heavy atom. The summed E-state index contributed by atoms with van der Waals surface area (Å²) < 4.78 is 40.7. The van der Waals surface area contributed by atoms with Crippen LogP contribution in [0.2, 0.25) is 0 Å². The predicted molar refractivity (Wildman–Crippen MR) is 102 cm³/mol. The lowest BCUT2D eigenvalue weighted by Gasteiger charge is -2.19. The molecule has 26 heavy (non-hydrogen) atoms. The van der Waals surface area contributed by atoms with Crippen LogP contribution in [0.3, 0.4) is 0 Å². The number of hydrogen-bond acceptors (Lipinski definition) is 0. The zero-order valence-electron chi connectivity index (χ0n) is 14.7. The minimum absolute atomic E-state index is 0.205. The molecule has 0 amide bonds. The van der Waals surface area contributed by atoms with Crippen molar-refractivity contribution in [2.24, 2.45) is 0 Å². The lowest BCUT2D eigenvalue weighted by molar-refractivity contribution is 0.625. The molecule has 0 aliphatic carbocycles. The summed E-state index contributed by atoms with van der Waals surface area (Å²) >= 11 is 0. The van der Waals surface area contributed by atoms with Crippen LogP contribution in [0.1, 0.15) is 25.3 Å². The van der Waals surface area contributed by atoms with Gasteiger partial charge in [0.25, 0.3) is 0 Å². The van der Waals surface area contributed by atoms with Gasteiger partial charge >= 0.3 is 0 Å². The van der Waals surface area contributed by atoms with E-state index in [0.29, 0.717) is 0 Å². The highest BCUT2D eigenvalue weighted by Crippen LogP contribution is 2.09. The molecule has 0 radical (unpaired) electrons. The van der Waals surface area contributed by atoms with E-state index < -0.39 is 0 Å². The lowest BCUT2D eigenvalue weighted by Crippen LogP contribution is -2.53. The van der Waals surface area contributed by atoms with Gasteiger partial charge in [-0.3, -0.25) is 0 Å². The molecule has 0 atom stereocenters. The Morgan fingerprint density at radius 3 is 1.69 bits per heavy atom. The van der Waals surface area contributed by atoms with Gasteiger partial charge in [-0.2, -0.15) is 0 Å². The van der Waals surface area contributed by atoms with Gasteiger partial charge in [0.1, 0.15) is 17.5 Å².